The number of hydrogen-bond donors (Lipinski definition) is 1. The lowest BCUT2D eigenvalue weighted by Gasteiger charge is -2.02. The van der Waals surface area contributed by atoms with E-state index in [0.717, 1.165) is 6.07 Å². The molecule has 0 aliphatic rings. The molecule has 0 aromatic heterocycles. The highest BCUT2D eigenvalue weighted by Crippen LogP contribution is 2.20. The van der Waals surface area contributed by atoms with Gasteiger partial charge in [-0.3, -0.25) is 4.79 Å². The van der Waals surface area contributed by atoms with E-state index in [1.165, 1.54) is 13.0 Å². The molecule has 0 atom stereocenters. The fraction of sp³-hybridized carbons (Fsp3) is 0.222. The van der Waals surface area contributed by atoms with Crippen molar-refractivity contribution in [3.05, 3.63) is 29.1 Å². The van der Waals surface area contributed by atoms with Crippen LogP contribution in [0, 0.1) is 12.7 Å². The minimum Gasteiger partial charge on any atom is -0.508 e. The van der Waals surface area contributed by atoms with E-state index in [1.54, 1.807) is 6.92 Å². The first-order valence-electron chi connectivity index (χ1n) is 3.52. The van der Waals surface area contributed by atoms with Crippen LogP contribution in [0.2, 0.25) is 0 Å². The number of Topliss-reactive ketones (excluding diaryl/α,β-unsaturated/α-hetero) is 1. The largest absolute Gasteiger partial charge is 0.508 e. The molecule has 0 saturated carbocycles. The predicted molar refractivity (Wildman–Crippen MR) is 42.8 cm³/mol. The van der Waals surface area contributed by atoms with Gasteiger partial charge in [-0.05, 0) is 25.5 Å². The van der Waals surface area contributed by atoms with Gasteiger partial charge in [0.1, 0.15) is 11.6 Å². The van der Waals surface area contributed by atoms with E-state index in [1.807, 2.05) is 0 Å². The normalized spacial score (nSPS) is 9.92. The maximum Gasteiger partial charge on any atom is 0.162 e. The lowest BCUT2D eigenvalue weighted by atomic mass is 10.1. The van der Waals surface area contributed by atoms with E-state index < -0.39 is 5.82 Å². The van der Waals surface area contributed by atoms with Crippen LogP contribution in [0.4, 0.5) is 4.39 Å². The first-order valence-corrected chi connectivity index (χ1v) is 3.52. The second-order valence-electron chi connectivity index (χ2n) is 2.67. The molecule has 0 fully saturated rings. The third kappa shape index (κ3) is 1.44. The van der Waals surface area contributed by atoms with Gasteiger partial charge in [-0.15, -0.1) is 0 Å². The second-order valence-corrected chi connectivity index (χ2v) is 2.67. The van der Waals surface area contributed by atoms with Gasteiger partial charge in [0, 0.05) is 6.07 Å². The van der Waals surface area contributed by atoms with Crippen molar-refractivity contribution in [2.45, 2.75) is 13.8 Å². The van der Waals surface area contributed by atoms with Gasteiger partial charge >= 0.3 is 0 Å². The highest BCUT2D eigenvalue weighted by Gasteiger charge is 2.09. The van der Waals surface area contributed by atoms with Gasteiger partial charge in [-0.1, -0.05) is 0 Å². The van der Waals surface area contributed by atoms with E-state index in [4.69, 9.17) is 5.11 Å². The average molecular weight is 168 g/mol. The van der Waals surface area contributed by atoms with Gasteiger partial charge in [0.15, 0.2) is 5.78 Å². The first kappa shape index (κ1) is 8.71. The molecule has 0 aliphatic heterocycles. The summed E-state index contributed by atoms with van der Waals surface area (Å²) >= 11 is 0. The number of hydrogen-bond acceptors (Lipinski definition) is 2. The Morgan fingerprint density at radius 3 is 2.58 bits per heavy atom. The number of ketones is 1. The summed E-state index contributed by atoms with van der Waals surface area (Å²) in [4.78, 5) is 10.8. The van der Waals surface area contributed by atoms with Crippen molar-refractivity contribution < 1.29 is 14.3 Å². The van der Waals surface area contributed by atoms with Gasteiger partial charge < -0.3 is 5.11 Å². The Labute approximate surface area is 69.6 Å². The van der Waals surface area contributed by atoms with Crippen molar-refractivity contribution in [2.75, 3.05) is 0 Å². The zero-order chi connectivity index (χ0) is 9.30. The standard InChI is InChI=1S/C9H9FO2/c1-5-3-7(6(2)11)8(10)4-9(5)12/h3-4,12H,1-2H3. The van der Waals surface area contributed by atoms with Crippen LogP contribution in [0.15, 0.2) is 12.1 Å². The molecule has 1 rings (SSSR count). The van der Waals surface area contributed by atoms with Crippen molar-refractivity contribution in [3.8, 4) is 5.75 Å². The van der Waals surface area contributed by atoms with E-state index >= 15 is 0 Å². The topological polar surface area (TPSA) is 37.3 Å². The van der Waals surface area contributed by atoms with Crippen LogP contribution in [0.25, 0.3) is 0 Å². The molecule has 0 spiro atoms. The Balaban J connectivity index is 3.33. The van der Waals surface area contributed by atoms with Crippen molar-refractivity contribution >= 4 is 5.78 Å². The van der Waals surface area contributed by atoms with Crippen LogP contribution in [0.5, 0.6) is 5.75 Å². The molecule has 0 heterocycles. The second kappa shape index (κ2) is 2.93. The fourth-order valence-electron chi connectivity index (χ4n) is 0.941. The van der Waals surface area contributed by atoms with Gasteiger partial charge in [0.25, 0.3) is 0 Å². The number of benzene rings is 1. The molecule has 0 bridgehead atoms. The number of halogens is 1. The molecule has 3 heteroatoms. The van der Waals surface area contributed by atoms with Crippen molar-refractivity contribution in [3.63, 3.8) is 0 Å². The lowest BCUT2D eigenvalue weighted by molar-refractivity contribution is 0.101. The summed E-state index contributed by atoms with van der Waals surface area (Å²) < 4.78 is 12.9. The summed E-state index contributed by atoms with van der Waals surface area (Å²) in [5.74, 6) is -1.14. The number of aryl methyl sites for hydroxylation is 1. The van der Waals surface area contributed by atoms with Gasteiger partial charge in [-0.25, -0.2) is 4.39 Å². The molecule has 0 radical (unpaired) electrons. The SMILES string of the molecule is CC(=O)c1cc(C)c(O)cc1F. The molecule has 0 saturated heterocycles. The first-order chi connectivity index (χ1) is 5.52. The molecular formula is C9H9FO2. The Kier molecular flexibility index (Phi) is 2.13. The summed E-state index contributed by atoms with van der Waals surface area (Å²) in [7, 11) is 0. The molecule has 12 heavy (non-hydrogen) atoms. The average Bonchev–Trinajstić information content (AvgIpc) is 1.96. The molecule has 0 unspecified atom stereocenters. The summed E-state index contributed by atoms with van der Waals surface area (Å²) in [5.41, 5.74) is 0.520. The third-order valence-electron chi connectivity index (χ3n) is 1.66. The quantitative estimate of drug-likeness (QED) is 0.651. The number of carbonyl (C=O) groups is 1. The molecule has 2 nitrogen and oxygen atoms in total. The number of aromatic hydroxyl groups is 1. The zero-order valence-electron chi connectivity index (χ0n) is 6.89. The van der Waals surface area contributed by atoms with Crippen LogP contribution < -0.4 is 0 Å². The van der Waals surface area contributed by atoms with E-state index in [-0.39, 0.29) is 17.1 Å². The molecule has 1 N–H and O–H groups in total. The molecule has 64 valence electrons. The number of rotatable bonds is 1. The van der Waals surface area contributed by atoms with E-state index in [9.17, 15) is 9.18 Å². The van der Waals surface area contributed by atoms with Crippen LogP contribution in [-0.2, 0) is 0 Å². The Bertz CT molecular complexity index is 332. The smallest absolute Gasteiger partial charge is 0.162 e. The Morgan fingerprint density at radius 1 is 1.50 bits per heavy atom. The minimum atomic E-state index is -0.675. The predicted octanol–water partition coefficient (Wildman–Crippen LogP) is 2.04. The summed E-state index contributed by atoms with van der Waals surface area (Å²) in [6.45, 7) is 2.90. The highest BCUT2D eigenvalue weighted by molar-refractivity contribution is 5.94. The van der Waals surface area contributed by atoms with Crippen LogP contribution in [-0.4, -0.2) is 10.9 Å². The van der Waals surface area contributed by atoms with Crippen LogP contribution in [0.3, 0.4) is 0 Å². The number of phenols is 1. The van der Waals surface area contributed by atoms with Gasteiger partial charge in [0.05, 0.1) is 5.56 Å². The maximum atomic E-state index is 12.9. The van der Waals surface area contributed by atoms with Crippen LogP contribution >= 0.6 is 0 Å². The lowest BCUT2D eigenvalue weighted by Crippen LogP contribution is -1.97. The molecule has 1 aromatic rings. The summed E-state index contributed by atoms with van der Waals surface area (Å²) in [5, 5.41) is 9.06. The highest BCUT2D eigenvalue weighted by atomic mass is 19.1. The maximum absolute atomic E-state index is 12.9. The molecule has 0 aliphatic carbocycles. The fourth-order valence-corrected chi connectivity index (χ4v) is 0.941. The number of carbonyl (C=O) groups excluding carboxylic acids is 1. The van der Waals surface area contributed by atoms with Crippen molar-refractivity contribution in [2.24, 2.45) is 0 Å². The zero-order valence-corrected chi connectivity index (χ0v) is 6.89. The third-order valence-corrected chi connectivity index (χ3v) is 1.66. The number of phenolic OH excluding ortho intramolecular Hbond substituents is 1. The summed E-state index contributed by atoms with van der Waals surface area (Å²) in [6.07, 6.45) is 0. The van der Waals surface area contributed by atoms with Gasteiger partial charge in [0.2, 0.25) is 0 Å². The minimum absolute atomic E-state index is 0.0188. The summed E-state index contributed by atoms with van der Waals surface area (Å²) in [6, 6.07) is 2.29. The van der Waals surface area contributed by atoms with Crippen molar-refractivity contribution in [1.82, 2.24) is 0 Å². The molecule has 1 aromatic carbocycles. The van der Waals surface area contributed by atoms with Crippen molar-refractivity contribution in [1.29, 1.82) is 0 Å². The van der Waals surface area contributed by atoms with Gasteiger partial charge in [-0.2, -0.15) is 0 Å². The molecular weight excluding hydrogens is 159 g/mol. The Morgan fingerprint density at radius 2 is 2.08 bits per heavy atom. The van der Waals surface area contributed by atoms with Crippen LogP contribution in [0.1, 0.15) is 22.8 Å². The Hall–Kier alpha value is -1.38. The van der Waals surface area contributed by atoms with E-state index in [0.29, 0.717) is 5.56 Å². The van der Waals surface area contributed by atoms with E-state index in [2.05, 4.69) is 0 Å². The molecule has 0 amide bonds. The monoisotopic (exact) mass is 168 g/mol.